The monoisotopic (exact) mass is 362 g/mol. The van der Waals surface area contributed by atoms with Gasteiger partial charge >= 0.3 is 0 Å². The zero-order valence-electron chi connectivity index (χ0n) is 6.92. The van der Waals surface area contributed by atoms with E-state index in [1.165, 1.54) is 13.2 Å². The fourth-order valence-corrected chi connectivity index (χ4v) is 3.79. The maximum atomic E-state index is 11.2. The average Bonchev–Trinajstić information content (AvgIpc) is 2.07. The smallest absolute Gasteiger partial charge is 0.266 e. The summed E-state index contributed by atoms with van der Waals surface area (Å²) in [6.45, 7) is 0. The Morgan fingerprint density at radius 2 is 1.93 bits per heavy atom. The summed E-state index contributed by atoms with van der Waals surface area (Å²) >= 11 is 6.29. The molecule has 78 valence electrons. The molecule has 0 amide bonds. The van der Waals surface area contributed by atoms with Crippen LogP contribution in [0.2, 0.25) is 0 Å². The molecule has 1 rings (SSSR count). The van der Waals surface area contributed by atoms with Crippen LogP contribution in [0.15, 0.2) is 26.0 Å². The van der Waals surface area contributed by atoms with Gasteiger partial charge in [0.25, 0.3) is 9.05 Å². The van der Waals surface area contributed by atoms with Crippen LogP contribution >= 0.6 is 42.5 Å². The van der Waals surface area contributed by atoms with Crippen molar-refractivity contribution in [2.75, 3.05) is 7.11 Å². The normalized spacial score (nSPS) is 11.4. The lowest BCUT2D eigenvalue weighted by molar-refractivity contribution is 0.402. The second-order valence-electron chi connectivity index (χ2n) is 2.33. The van der Waals surface area contributed by atoms with E-state index in [0.29, 0.717) is 8.95 Å². The van der Waals surface area contributed by atoms with Crippen LogP contribution in [-0.2, 0) is 9.05 Å². The summed E-state index contributed by atoms with van der Waals surface area (Å²) in [5.74, 6) is 0.204. The number of ether oxygens (including phenoxy) is 1. The van der Waals surface area contributed by atoms with Gasteiger partial charge in [0, 0.05) is 15.2 Å². The molecule has 0 bridgehead atoms. The van der Waals surface area contributed by atoms with Crippen LogP contribution in [-0.4, -0.2) is 15.5 Å². The van der Waals surface area contributed by atoms with Crippen LogP contribution in [0.5, 0.6) is 5.75 Å². The lowest BCUT2D eigenvalue weighted by atomic mass is 10.3. The van der Waals surface area contributed by atoms with E-state index in [1.54, 1.807) is 6.07 Å². The summed E-state index contributed by atoms with van der Waals surface area (Å²) < 4.78 is 28.3. The predicted molar refractivity (Wildman–Crippen MR) is 61.4 cm³/mol. The van der Waals surface area contributed by atoms with Crippen LogP contribution < -0.4 is 4.74 Å². The Kier molecular flexibility index (Phi) is 3.85. The third-order valence-electron chi connectivity index (χ3n) is 1.48. The van der Waals surface area contributed by atoms with E-state index in [4.69, 9.17) is 15.4 Å². The standard InChI is InChI=1S/C7H5Br2ClO3S/c1-13-5-3-2-4(8)6(9)7(5)14(10,11)12/h2-3H,1H3. The van der Waals surface area contributed by atoms with E-state index in [0.717, 1.165) is 0 Å². The molecular formula is C7H5Br2ClO3S. The highest BCUT2D eigenvalue weighted by atomic mass is 79.9. The van der Waals surface area contributed by atoms with E-state index < -0.39 is 9.05 Å². The minimum atomic E-state index is -3.83. The zero-order chi connectivity index (χ0) is 10.9. The molecule has 0 aliphatic rings. The van der Waals surface area contributed by atoms with Crippen molar-refractivity contribution in [1.82, 2.24) is 0 Å². The molecule has 0 spiro atoms. The topological polar surface area (TPSA) is 43.4 Å². The van der Waals surface area contributed by atoms with Gasteiger partial charge in [-0.15, -0.1) is 0 Å². The Bertz CT molecular complexity index is 458. The van der Waals surface area contributed by atoms with Gasteiger partial charge in [-0.25, -0.2) is 8.42 Å². The fraction of sp³-hybridized carbons (Fsp3) is 0.143. The van der Waals surface area contributed by atoms with Crippen molar-refractivity contribution in [1.29, 1.82) is 0 Å². The number of hydrogen-bond acceptors (Lipinski definition) is 3. The summed E-state index contributed by atoms with van der Waals surface area (Å²) in [6, 6.07) is 3.18. The van der Waals surface area contributed by atoms with E-state index in [-0.39, 0.29) is 10.6 Å². The maximum absolute atomic E-state index is 11.2. The molecule has 0 saturated carbocycles. The molecule has 14 heavy (non-hydrogen) atoms. The molecule has 0 atom stereocenters. The van der Waals surface area contributed by atoms with E-state index in [9.17, 15) is 8.42 Å². The molecule has 0 saturated heterocycles. The van der Waals surface area contributed by atoms with Crippen LogP contribution in [0.4, 0.5) is 0 Å². The Balaban J connectivity index is 3.60. The van der Waals surface area contributed by atoms with Crippen molar-refractivity contribution in [2.24, 2.45) is 0 Å². The van der Waals surface area contributed by atoms with Gasteiger partial charge in [-0.3, -0.25) is 0 Å². The van der Waals surface area contributed by atoms with Gasteiger partial charge in [0.05, 0.1) is 11.6 Å². The quantitative estimate of drug-likeness (QED) is 0.757. The largest absolute Gasteiger partial charge is 0.495 e. The van der Waals surface area contributed by atoms with Gasteiger partial charge in [-0.2, -0.15) is 0 Å². The summed E-state index contributed by atoms with van der Waals surface area (Å²) in [5.41, 5.74) is 0. The third kappa shape index (κ3) is 2.42. The van der Waals surface area contributed by atoms with Crippen molar-refractivity contribution in [3.05, 3.63) is 21.1 Å². The molecule has 0 heterocycles. The van der Waals surface area contributed by atoms with Crippen molar-refractivity contribution in [3.8, 4) is 5.75 Å². The minimum absolute atomic E-state index is 0.0731. The lowest BCUT2D eigenvalue weighted by Crippen LogP contribution is -1.97. The second kappa shape index (κ2) is 4.38. The Morgan fingerprint density at radius 3 is 2.36 bits per heavy atom. The number of benzene rings is 1. The molecule has 0 unspecified atom stereocenters. The van der Waals surface area contributed by atoms with Crippen LogP contribution in [0.25, 0.3) is 0 Å². The van der Waals surface area contributed by atoms with E-state index >= 15 is 0 Å². The van der Waals surface area contributed by atoms with Gasteiger partial charge in [0.1, 0.15) is 10.6 Å². The van der Waals surface area contributed by atoms with E-state index in [1.807, 2.05) is 0 Å². The second-order valence-corrected chi connectivity index (χ2v) is 6.48. The third-order valence-corrected chi connectivity index (χ3v) is 5.11. The Morgan fingerprint density at radius 1 is 1.36 bits per heavy atom. The fourth-order valence-electron chi connectivity index (χ4n) is 0.902. The first kappa shape index (κ1) is 12.3. The predicted octanol–water partition coefficient (Wildman–Crippen LogP) is 3.15. The summed E-state index contributed by atoms with van der Waals surface area (Å²) in [4.78, 5) is -0.0731. The molecule has 0 aromatic heterocycles. The highest BCUT2D eigenvalue weighted by Crippen LogP contribution is 2.38. The lowest BCUT2D eigenvalue weighted by Gasteiger charge is -2.08. The maximum Gasteiger partial charge on any atom is 0.266 e. The molecule has 0 N–H and O–H groups in total. The van der Waals surface area contributed by atoms with Crippen LogP contribution in [0, 0.1) is 0 Å². The molecule has 0 radical (unpaired) electrons. The van der Waals surface area contributed by atoms with Crippen molar-refractivity contribution >= 4 is 51.6 Å². The van der Waals surface area contributed by atoms with E-state index in [2.05, 4.69) is 31.9 Å². The number of methoxy groups -OCH3 is 1. The van der Waals surface area contributed by atoms with Crippen molar-refractivity contribution in [3.63, 3.8) is 0 Å². The van der Waals surface area contributed by atoms with Gasteiger partial charge in [-0.1, -0.05) is 0 Å². The summed E-state index contributed by atoms with van der Waals surface area (Å²) in [5, 5.41) is 0. The van der Waals surface area contributed by atoms with Gasteiger partial charge in [0.15, 0.2) is 0 Å². The Hall–Kier alpha value is 0.220. The highest BCUT2D eigenvalue weighted by Gasteiger charge is 2.22. The van der Waals surface area contributed by atoms with Gasteiger partial charge in [-0.05, 0) is 44.0 Å². The molecule has 1 aromatic rings. The van der Waals surface area contributed by atoms with Crippen molar-refractivity contribution < 1.29 is 13.2 Å². The molecule has 1 aromatic carbocycles. The average molecular weight is 364 g/mol. The molecule has 0 aliphatic carbocycles. The van der Waals surface area contributed by atoms with Crippen molar-refractivity contribution in [2.45, 2.75) is 4.90 Å². The molecule has 3 nitrogen and oxygen atoms in total. The molecule has 0 aliphatic heterocycles. The Labute approximate surface area is 103 Å². The molecule has 7 heteroatoms. The number of hydrogen-bond donors (Lipinski definition) is 0. The first-order chi connectivity index (χ1) is 6.38. The first-order valence-corrected chi connectivity index (χ1v) is 7.24. The number of rotatable bonds is 2. The minimum Gasteiger partial charge on any atom is -0.495 e. The van der Waals surface area contributed by atoms with Gasteiger partial charge < -0.3 is 4.74 Å². The zero-order valence-corrected chi connectivity index (χ0v) is 11.7. The summed E-state index contributed by atoms with van der Waals surface area (Å²) in [7, 11) is 2.81. The van der Waals surface area contributed by atoms with Gasteiger partial charge in [0.2, 0.25) is 0 Å². The molecular weight excluding hydrogens is 359 g/mol. The first-order valence-electron chi connectivity index (χ1n) is 3.34. The summed E-state index contributed by atoms with van der Waals surface area (Å²) in [6.07, 6.45) is 0. The highest BCUT2D eigenvalue weighted by molar-refractivity contribution is 9.13. The van der Waals surface area contributed by atoms with Crippen LogP contribution in [0.1, 0.15) is 0 Å². The SMILES string of the molecule is COc1ccc(Br)c(Br)c1S(=O)(=O)Cl. The number of halogens is 3. The van der Waals surface area contributed by atoms with Crippen LogP contribution in [0.3, 0.4) is 0 Å². The molecule has 0 fully saturated rings.